The van der Waals surface area contributed by atoms with E-state index in [1.54, 1.807) is 0 Å². The van der Waals surface area contributed by atoms with Crippen LogP contribution >= 0.6 is 0 Å². The van der Waals surface area contributed by atoms with Crippen molar-refractivity contribution in [2.24, 2.45) is 11.3 Å². The topological polar surface area (TPSA) is 9.23 Å². The summed E-state index contributed by atoms with van der Waals surface area (Å²) in [6.07, 6.45) is 6.19. The largest absolute Gasteiger partial charge is 0.373 e. The highest BCUT2D eigenvalue weighted by molar-refractivity contribution is 5.17. The lowest BCUT2D eigenvalue weighted by Gasteiger charge is -2.25. The fourth-order valence-corrected chi connectivity index (χ4v) is 2.05. The molecule has 0 saturated carbocycles. The van der Waals surface area contributed by atoms with Crippen LogP contribution in [0.1, 0.15) is 20.3 Å². The molecule has 3 unspecified atom stereocenters. The van der Waals surface area contributed by atoms with E-state index in [2.05, 4.69) is 26.0 Å². The molecule has 0 amide bonds. The van der Waals surface area contributed by atoms with Crippen molar-refractivity contribution in [1.82, 2.24) is 0 Å². The van der Waals surface area contributed by atoms with Crippen LogP contribution < -0.4 is 0 Å². The van der Waals surface area contributed by atoms with E-state index in [1.165, 1.54) is 6.42 Å². The lowest BCUT2D eigenvalue weighted by Crippen LogP contribution is -2.25. The molecule has 1 fully saturated rings. The summed E-state index contributed by atoms with van der Waals surface area (Å²) in [6.45, 7) is 5.53. The Morgan fingerprint density at radius 3 is 2.60 bits per heavy atom. The quantitative estimate of drug-likeness (QED) is 0.503. The van der Waals surface area contributed by atoms with E-state index in [9.17, 15) is 0 Å². The lowest BCUT2D eigenvalue weighted by atomic mass is 9.78. The summed E-state index contributed by atoms with van der Waals surface area (Å²) in [5.41, 5.74) is 0.431. The van der Waals surface area contributed by atoms with Gasteiger partial charge in [-0.25, -0.2) is 0 Å². The molecule has 0 aromatic carbocycles. The standard InChI is InChI=1S/C9H14O/c1-3-9(2)7-4-5-8(9)10-6-7/h4-5,7-8H,3,6H2,1-2H3. The molecule has 1 aliphatic heterocycles. The van der Waals surface area contributed by atoms with E-state index in [1.807, 2.05) is 0 Å². The predicted octanol–water partition coefficient (Wildman–Crippen LogP) is 1.99. The van der Waals surface area contributed by atoms with Crippen molar-refractivity contribution < 1.29 is 4.74 Å². The third-order valence-electron chi connectivity index (χ3n) is 3.23. The Hall–Kier alpha value is -0.300. The van der Waals surface area contributed by atoms with E-state index in [-0.39, 0.29) is 0 Å². The molecule has 0 aromatic heterocycles. The van der Waals surface area contributed by atoms with E-state index >= 15 is 0 Å². The summed E-state index contributed by atoms with van der Waals surface area (Å²) >= 11 is 0. The summed E-state index contributed by atoms with van der Waals surface area (Å²) in [4.78, 5) is 0. The number of fused-ring (bicyclic) bond motifs is 2. The monoisotopic (exact) mass is 138 g/mol. The normalized spacial score (nSPS) is 50.6. The van der Waals surface area contributed by atoms with Crippen molar-refractivity contribution in [3.05, 3.63) is 12.2 Å². The molecule has 1 nitrogen and oxygen atoms in total. The van der Waals surface area contributed by atoms with Gasteiger partial charge in [0.1, 0.15) is 0 Å². The van der Waals surface area contributed by atoms with Gasteiger partial charge in [0.15, 0.2) is 0 Å². The summed E-state index contributed by atoms with van der Waals surface area (Å²) in [5.74, 6) is 0.697. The Bertz CT molecular complexity index is 158. The highest BCUT2D eigenvalue weighted by Gasteiger charge is 2.47. The fraction of sp³-hybridized carbons (Fsp3) is 0.778. The minimum Gasteiger partial charge on any atom is -0.373 e. The summed E-state index contributed by atoms with van der Waals surface area (Å²) in [5, 5.41) is 0. The molecule has 1 heteroatoms. The maximum Gasteiger partial charge on any atom is 0.0816 e. The Morgan fingerprint density at radius 2 is 2.40 bits per heavy atom. The highest BCUT2D eigenvalue weighted by atomic mass is 16.5. The van der Waals surface area contributed by atoms with Crippen molar-refractivity contribution in [3.8, 4) is 0 Å². The van der Waals surface area contributed by atoms with Gasteiger partial charge in [-0.2, -0.15) is 0 Å². The molecule has 1 aliphatic carbocycles. The smallest absolute Gasteiger partial charge is 0.0816 e. The molecule has 1 saturated heterocycles. The van der Waals surface area contributed by atoms with Crippen LogP contribution in [0.15, 0.2) is 12.2 Å². The van der Waals surface area contributed by atoms with Gasteiger partial charge in [0.05, 0.1) is 12.7 Å². The van der Waals surface area contributed by atoms with E-state index in [0.717, 1.165) is 6.61 Å². The fourth-order valence-electron chi connectivity index (χ4n) is 2.05. The maximum atomic E-state index is 5.57. The molecule has 56 valence electrons. The van der Waals surface area contributed by atoms with Gasteiger partial charge in [-0.1, -0.05) is 26.0 Å². The molecule has 10 heavy (non-hydrogen) atoms. The zero-order valence-corrected chi connectivity index (χ0v) is 6.63. The molecule has 1 heterocycles. The van der Waals surface area contributed by atoms with E-state index in [4.69, 9.17) is 4.74 Å². The Balaban J connectivity index is 2.28. The van der Waals surface area contributed by atoms with E-state index in [0.29, 0.717) is 17.4 Å². The predicted molar refractivity (Wildman–Crippen MR) is 40.8 cm³/mol. The van der Waals surface area contributed by atoms with Crippen LogP contribution in [0.3, 0.4) is 0 Å². The van der Waals surface area contributed by atoms with Gasteiger partial charge in [0.25, 0.3) is 0 Å². The lowest BCUT2D eigenvalue weighted by molar-refractivity contribution is 0.0950. The second-order valence-corrected chi connectivity index (χ2v) is 3.60. The van der Waals surface area contributed by atoms with Crippen LogP contribution in [0.2, 0.25) is 0 Å². The Labute approximate surface area is 62.1 Å². The minimum absolute atomic E-state index is 0.419. The van der Waals surface area contributed by atoms with Gasteiger partial charge in [-0.15, -0.1) is 0 Å². The Kier molecular flexibility index (Phi) is 1.19. The third-order valence-corrected chi connectivity index (χ3v) is 3.23. The SMILES string of the molecule is CCC1(C)C2C=CC1OC2. The van der Waals surface area contributed by atoms with Crippen molar-refractivity contribution in [2.45, 2.75) is 26.4 Å². The number of rotatable bonds is 1. The van der Waals surface area contributed by atoms with Crippen LogP contribution in [0.25, 0.3) is 0 Å². The molecule has 2 rings (SSSR count). The molecular weight excluding hydrogens is 124 g/mol. The summed E-state index contributed by atoms with van der Waals surface area (Å²) in [7, 11) is 0. The highest BCUT2D eigenvalue weighted by Crippen LogP contribution is 2.47. The second-order valence-electron chi connectivity index (χ2n) is 3.60. The van der Waals surface area contributed by atoms with Crippen LogP contribution in [0.4, 0.5) is 0 Å². The van der Waals surface area contributed by atoms with Crippen molar-refractivity contribution in [2.75, 3.05) is 6.61 Å². The minimum atomic E-state index is 0.419. The first-order chi connectivity index (χ1) is 4.77. The van der Waals surface area contributed by atoms with Crippen LogP contribution in [0.5, 0.6) is 0 Å². The molecule has 3 atom stereocenters. The zero-order chi connectivity index (χ0) is 7.19. The van der Waals surface area contributed by atoms with Gasteiger partial charge >= 0.3 is 0 Å². The molecule has 0 N–H and O–H groups in total. The zero-order valence-electron chi connectivity index (χ0n) is 6.63. The molecule has 2 bridgehead atoms. The van der Waals surface area contributed by atoms with Gasteiger partial charge in [-0.05, 0) is 6.42 Å². The van der Waals surface area contributed by atoms with Gasteiger partial charge < -0.3 is 4.74 Å². The summed E-state index contributed by atoms with van der Waals surface area (Å²) < 4.78 is 5.57. The molecule has 0 spiro atoms. The van der Waals surface area contributed by atoms with Crippen LogP contribution in [-0.2, 0) is 4.74 Å². The van der Waals surface area contributed by atoms with Gasteiger partial charge in [0, 0.05) is 11.3 Å². The first kappa shape index (κ1) is 6.41. The average molecular weight is 138 g/mol. The van der Waals surface area contributed by atoms with Crippen molar-refractivity contribution >= 4 is 0 Å². The van der Waals surface area contributed by atoms with Crippen molar-refractivity contribution in [1.29, 1.82) is 0 Å². The van der Waals surface area contributed by atoms with Crippen molar-refractivity contribution in [3.63, 3.8) is 0 Å². The molecule has 2 aliphatic rings. The number of hydrogen-bond donors (Lipinski definition) is 0. The Morgan fingerprint density at radius 1 is 1.60 bits per heavy atom. The molecule has 0 radical (unpaired) electrons. The average Bonchev–Trinajstić information content (AvgIpc) is 2.46. The molecular formula is C9H14O. The third kappa shape index (κ3) is 0.567. The van der Waals surface area contributed by atoms with Gasteiger partial charge in [0.2, 0.25) is 0 Å². The summed E-state index contributed by atoms with van der Waals surface area (Å²) in [6, 6.07) is 0. The number of ether oxygens (including phenoxy) is 1. The second kappa shape index (κ2) is 1.85. The molecule has 0 aromatic rings. The first-order valence-electron chi connectivity index (χ1n) is 4.07. The van der Waals surface area contributed by atoms with Gasteiger partial charge in [-0.3, -0.25) is 0 Å². The first-order valence-corrected chi connectivity index (χ1v) is 4.07. The number of hydrogen-bond acceptors (Lipinski definition) is 1. The van der Waals surface area contributed by atoms with Crippen LogP contribution in [-0.4, -0.2) is 12.7 Å². The van der Waals surface area contributed by atoms with Crippen LogP contribution in [0, 0.1) is 11.3 Å². The van der Waals surface area contributed by atoms with E-state index < -0.39 is 0 Å². The maximum absolute atomic E-state index is 5.57.